The molecule has 1 aromatic carbocycles. The van der Waals surface area contributed by atoms with Crippen molar-refractivity contribution in [2.75, 3.05) is 45.2 Å². The Hall–Kier alpha value is -1.06. The highest BCUT2D eigenvalue weighted by Gasteiger charge is 2.20. The molecule has 3 heteroatoms. The summed E-state index contributed by atoms with van der Waals surface area (Å²) in [5.74, 6) is 0. The molecule has 2 rings (SSSR count). The van der Waals surface area contributed by atoms with Gasteiger partial charge in [0.1, 0.15) is 0 Å². The lowest BCUT2D eigenvalue weighted by molar-refractivity contribution is 0.346. The maximum absolute atomic E-state index is 3.67. The molecule has 1 N–H and O–H groups in total. The zero-order valence-corrected chi connectivity index (χ0v) is 12.7. The second kappa shape index (κ2) is 6.40. The summed E-state index contributed by atoms with van der Waals surface area (Å²) in [6, 6.07) is 7.15. The third-order valence-electron chi connectivity index (χ3n) is 3.82. The van der Waals surface area contributed by atoms with Crippen LogP contribution >= 0.6 is 0 Å². The molecule has 1 aliphatic rings. The highest BCUT2D eigenvalue weighted by Crippen LogP contribution is 2.25. The van der Waals surface area contributed by atoms with E-state index in [1.165, 1.54) is 23.2 Å². The zero-order chi connectivity index (χ0) is 13.8. The predicted octanol–water partition coefficient (Wildman–Crippen LogP) is 2.03. The van der Waals surface area contributed by atoms with Gasteiger partial charge < -0.3 is 15.1 Å². The zero-order valence-electron chi connectivity index (χ0n) is 12.7. The first-order chi connectivity index (χ1) is 9.08. The number of nitrogens with zero attached hydrogens (tertiary/aromatic N) is 2. The number of anilines is 1. The lowest BCUT2D eigenvalue weighted by Gasteiger charge is -2.30. The van der Waals surface area contributed by atoms with Crippen LogP contribution in [0.2, 0.25) is 0 Å². The van der Waals surface area contributed by atoms with Crippen molar-refractivity contribution in [3.05, 3.63) is 29.3 Å². The van der Waals surface area contributed by atoms with Crippen LogP contribution in [-0.4, -0.2) is 51.2 Å². The van der Waals surface area contributed by atoms with Gasteiger partial charge in [0.25, 0.3) is 0 Å². The Labute approximate surface area is 117 Å². The molecular formula is C16H27N3. The Morgan fingerprint density at radius 3 is 2.58 bits per heavy atom. The fourth-order valence-electron chi connectivity index (χ4n) is 3.07. The van der Waals surface area contributed by atoms with E-state index in [2.05, 4.69) is 61.3 Å². The number of para-hydroxylation sites is 1. The average Bonchev–Trinajstić information content (AvgIpc) is 2.54. The molecule has 0 amide bonds. The van der Waals surface area contributed by atoms with Crippen LogP contribution in [-0.2, 0) is 0 Å². The van der Waals surface area contributed by atoms with E-state index in [4.69, 9.17) is 0 Å². The highest BCUT2D eigenvalue weighted by molar-refractivity contribution is 5.59. The topological polar surface area (TPSA) is 18.5 Å². The number of hydrogen-bond donors (Lipinski definition) is 1. The van der Waals surface area contributed by atoms with Crippen molar-refractivity contribution in [2.24, 2.45) is 0 Å². The van der Waals surface area contributed by atoms with Gasteiger partial charge in [-0.1, -0.05) is 18.2 Å². The summed E-state index contributed by atoms with van der Waals surface area (Å²) in [4.78, 5) is 4.84. The van der Waals surface area contributed by atoms with Crippen LogP contribution < -0.4 is 10.2 Å². The lowest BCUT2D eigenvalue weighted by atomic mass is 10.1. The first kappa shape index (κ1) is 14.4. The summed E-state index contributed by atoms with van der Waals surface area (Å²) in [7, 11) is 4.30. The third kappa shape index (κ3) is 3.71. The van der Waals surface area contributed by atoms with Crippen molar-refractivity contribution in [2.45, 2.75) is 26.3 Å². The molecule has 1 aromatic rings. The summed E-state index contributed by atoms with van der Waals surface area (Å²) < 4.78 is 0. The Morgan fingerprint density at radius 2 is 1.95 bits per heavy atom. The van der Waals surface area contributed by atoms with E-state index in [-0.39, 0.29) is 0 Å². The van der Waals surface area contributed by atoms with Gasteiger partial charge >= 0.3 is 0 Å². The van der Waals surface area contributed by atoms with Gasteiger partial charge in [-0.3, -0.25) is 0 Å². The van der Waals surface area contributed by atoms with E-state index in [1.54, 1.807) is 0 Å². The average molecular weight is 261 g/mol. The molecule has 1 atom stereocenters. The van der Waals surface area contributed by atoms with Gasteiger partial charge in [-0.15, -0.1) is 0 Å². The molecule has 0 aliphatic carbocycles. The van der Waals surface area contributed by atoms with E-state index in [1.807, 2.05) is 0 Å². The first-order valence-corrected chi connectivity index (χ1v) is 7.27. The molecule has 0 aromatic heterocycles. The summed E-state index contributed by atoms with van der Waals surface area (Å²) in [5.41, 5.74) is 4.23. The summed E-state index contributed by atoms with van der Waals surface area (Å²) in [6.45, 7) is 8.93. The lowest BCUT2D eigenvalue weighted by Crippen LogP contribution is -2.44. The molecule has 1 aliphatic heterocycles. The standard InChI is InChI=1S/C16H27N3/c1-13-7-5-8-14(2)16(13)19-10-6-9-17-15(12-19)11-18(3)4/h5,7-8,15,17H,6,9-12H2,1-4H3. The molecule has 1 unspecified atom stereocenters. The molecule has 1 fully saturated rings. The minimum atomic E-state index is 0.552. The monoisotopic (exact) mass is 261 g/mol. The van der Waals surface area contributed by atoms with Crippen molar-refractivity contribution in [3.63, 3.8) is 0 Å². The molecule has 1 saturated heterocycles. The highest BCUT2D eigenvalue weighted by atomic mass is 15.2. The van der Waals surface area contributed by atoms with Crippen LogP contribution in [0.1, 0.15) is 17.5 Å². The summed E-state index contributed by atoms with van der Waals surface area (Å²) in [6.07, 6.45) is 1.22. The molecule has 0 spiro atoms. The number of benzene rings is 1. The van der Waals surface area contributed by atoms with Gasteiger partial charge in [-0.05, 0) is 52.0 Å². The quantitative estimate of drug-likeness (QED) is 0.898. The van der Waals surface area contributed by atoms with E-state index >= 15 is 0 Å². The number of hydrogen-bond acceptors (Lipinski definition) is 3. The fourth-order valence-corrected chi connectivity index (χ4v) is 3.07. The number of nitrogens with one attached hydrogen (secondary N) is 1. The largest absolute Gasteiger partial charge is 0.369 e. The molecule has 0 bridgehead atoms. The van der Waals surface area contributed by atoms with Crippen LogP contribution in [0.3, 0.4) is 0 Å². The summed E-state index contributed by atoms with van der Waals surface area (Å²) >= 11 is 0. The maximum Gasteiger partial charge on any atom is 0.0426 e. The minimum absolute atomic E-state index is 0.552. The smallest absolute Gasteiger partial charge is 0.0426 e. The van der Waals surface area contributed by atoms with Crippen molar-refractivity contribution >= 4 is 5.69 Å². The predicted molar refractivity (Wildman–Crippen MR) is 83.1 cm³/mol. The molecule has 0 saturated carbocycles. The number of likely N-dealkylation sites (N-methyl/N-ethyl adjacent to an activating group) is 1. The first-order valence-electron chi connectivity index (χ1n) is 7.27. The van der Waals surface area contributed by atoms with Crippen LogP contribution in [0.4, 0.5) is 5.69 Å². The minimum Gasteiger partial charge on any atom is -0.369 e. The molecule has 0 radical (unpaired) electrons. The maximum atomic E-state index is 3.67. The van der Waals surface area contributed by atoms with Crippen molar-refractivity contribution in [1.29, 1.82) is 0 Å². The van der Waals surface area contributed by atoms with Gasteiger partial charge in [0.15, 0.2) is 0 Å². The van der Waals surface area contributed by atoms with E-state index in [0.717, 1.165) is 26.2 Å². The van der Waals surface area contributed by atoms with E-state index < -0.39 is 0 Å². The van der Waals surface area contributed by atoms with Gasteiger partial charge in [-0.2, -0.15) is 0 Å². The van der Waals surface area contributed by atoms with Gasteiger partial charge in [0.05, 0.1) is 0 Å². The Kier molecular flexibility index (Phi) is 4.83. The van der Waals surface area contributed by atoms with Crippen LogP contribution in [0.25, 0.3) is 0 Å². The number of aryl methyl sites for hydroxylation is 2. The SMILES string of the molecule is Cc1cccc(C)c1N1CCCNC(CN(C)C)C1. The summed E-state index contributed by atoms with van der Waals surface area (Å²) in [5, 5.41) is 3.67. The van der Waals surface area contributed by atoms with Crippen LogP contribution in [0, 0.1) is 13.8 Å². The second-order valence-electron chi connectivity index (χ2n) is 5.95. The fraction of sp³-hybridized carbons (Fsp3) is 0.625. The Balaban J connectivity index is 2.18. The molecule has 1 heterocycles. The van der Waals surface area contributed by atoms with Crippen molar-refractivity contribution in [3.8, 4) is 0 Å². The normalized spacial score (nSPS) is 20.7. The molecule has 106 valence electrons. The Bertz CT molecular complexity index is 394. The van der Waals surface area contributed by atoms with Gasteiger partial charge in [0.2, 0.25) is 0 Å². The van der Waals surface area contributed by atoms with Gasteiger partial charge in [0, 0.05) is 31.4 Å². The third-order valence-corrected chi connectivity index (χ3v) is 3.82. The Morgan fingerprint density at radius 1 is 1.26 bits per heavy atom. The second-order valence-corrected chi connectivity index (χ2v) is 5.95. The van der Waals surface area contributed by atoms with Crippen molar-refractivity contribution < 1.29 is 0 Å². The van der Waals surface area contributed by atoms with Crippen LogP contribution in [0.15, 0.2) is 18.2 Å². The molecule has 19 heavy (non-hydrogen) atoms. The molecule has 3 nitrogen and oxygen atoms in total. The van der Waals surface area contributed by atoms with Gasteiger partial charge in [-0.25, -0.2) is 0 Å². The van der Waals surface area contributed by atoms with E-state index in [9.17, 15) is 0 Å². The van der Waals surface area contributed by atoms with Crippen LogP contribution in [0.5, 0.6) is 0 Å². The molecular weight excluding hydrogens is 234 g/mol. The van der Waals surface area contributed by atoms with Crippen molar-refractivity contribution in [1.82, 2.24) is 10.2 Å². The van der Waals surface area contributed by atoms with E-state index in [0.29, 0.717) is 6.04 Å². The number of rotatable bonds is 3.